The summed E-state index contributed by atoms with van der Waals surface area (Å²) in [7, 11) is 0. The van der Waals surface area contributed by atoms with E-state index in [1.54, 1.807) is 18.3 Å². The predicted octanol–water partition coefficient (Wildman–Crippen LogP) is 1.73. The molecule has 0 N–H and O–H groups in total. The fourth-order valence-corrected chi connectivity index (χ4v) is 2.11. The topological polar surface area (TPSA) is 55.3 Å². The van der Waals surface area contributed by atoms with Crippen molar-refractivity contribution in [2.45, 2.75) is 32.3 Å². The van der Waals surface area contributed by atoms with Gasteiger partial charge >= 0.3 is 0 Å². The summed E-state index contributed by atoms with van der Waals surface area (Å²) < 4.78 is 5.78. The lowest BCUT2D eigenvalue weighted by Gasteiger charge is -2.16. The van der Waals surface area contributed by atoms with E-state index in [1.165, 1.54) is 0 Å². The third-order valence-corrected chi connectivity index (χ3v) is 3.10. The van der Waals surface area contributed by atoms with Gasteiger partial charge in [0, 0.05) is 31.6 Å². The Labute approximate surface area is 113 Å². The van der Waals surface area contributed by atoms with Gasteiger partial charge in [-0.1, -0.05) is 6.08 Å². The Kier molecular flexibility index (Phi) is 4.49. The van der Waals surface area contributed by atoms with Crippen LogP contribution in [0.3, 0.4) is 0 Å². The number of hydrogen-bond acceptors (Lipinski definition) is 4. The molecule has 1 amide bonds. The maximum absolute atomic E-state index is 11.9. The molecule has 5 heteroatoms. The highest BCUT2D eigenvalue weighted by molar-refractivity contribution is 5.76. The van der Waals surface area contributed by atoms with Gasteiger partial charge < -0.3 is 9.64 Å². The number of allylic oxidation sites excluding steroid dienone is 1. The first-order chi connectivity index (χ1) is 9.19. The summed E-state index contributed by atoms with van der Waals surface area (Å²) in [6.07, 6.45) is 5.59. The monoisotopic (exact) mass is 261 g/mol. The Morgan fingerprint density at radius 1 is 1.68 bits per heavy atom. The zero-order valence-corrected chi connectivity index (χ0v) is 11.2. The number of carbonyl (C=O) groups excluding carboxylic acids is 1. The Morgan fingerprint density at radius 3 is 3.26 bits per heavy atom. The Bertz CT molecular complexity index is 462. The van der Waals surface area contributed by atoms with Crippen molar-refractivity contribution in [3.05, 3.63) is 30.7 Å². The van der Waals surface area contributed by atoms with Crippen LogP contribution in [0, 0.1) is 6.92 Å². The minimum Gasteiger partial charge on any atom is -0.472 e. The van der Waals surface area contributed by atoms with Crippen molar-refractivity contribution < 1.29 is 9.53 Å². The summed E-state index contributed by atoms with van der Waals surface area (Å²) in [5.74, 6) is 1.44. The molecule has 0 unspecified atom stereocenters. The minimum atomic E-state index is 0.0296. The molecule has 1 aliphatic heterocycles. The summed E-state index contributed by atoms with van der Waals surface area (Å²) >= 11 is 0. The summed E-state index contributed by atoms with van der Waals surface area (Å²) in [6.45, 7) is 6.85. The number of carbonyl (C=O) groups is 1. The van der Waals surface area contributed by atoms with E-state index in [-0.39, 0.29) is 12.0 Å². The van der Waals surface area contributed by atoms with Crippen molar-refractivity contribution in [3.63, 3.8) is 0 Å². The van der Waals surface area contributed by atoms with Gasteiger partial charge in [-0.25, -0.2) is 4.98 Å². The molecule has 1 saturated heterocycles. The van der Waals surface area contributed by atoms with Gasteiger partial charge in [-0.15, -0.1) is 6.58 Å². The lowest BCUT2D eigenvalue weighted by Crippen LogP contribution is -2.30. The predicted molar refractivity (Wildman–Crippen MR) is 71.8 cm³/mol. The van der Waals surface area contributed by atoms with E-state index in [2.05, 4.69) is 16.5 Å². The van der Waals surface area contributed by atoms with Gasteiger partial charge in [-0.05, 0) is 13.3 Å². The minimum absolute atomic E-state index is 0.0296. The third-order valence-electron chi connectivity index (χ3n) is 3.10. The number of ether oxygens (including phenoxy) is 1. The molecule has 0 bridgehead atoms. The van der Waals surface area contributed by atoms with Gasteiger partial charge in [0.25, 0.3) is 0 Å². The quantitative estimate of drug-likeness (QED) is 0.757. The second-order valence-corrected chi connectivity index (χ2v) is 4.64. The largest absolute Gasteiger partial charge is 0.472 e. The van der Waals surface area contributed by atoms with E-state index in [4.69, 9.17) is 4.74 Å². The van der Waals surface area contributed by atoms with E-state index in [0.717, 1.165) is 19.4 Å². The smallest absolute Gasteiger partial charge is 0.223 e. The number of hydrogen-bond donors (Lipinski definition) is 0. The van der Waals surface area contributed by atoms with Crippen molar-refractivity contribution in [3.8, 4) is 5.88 Å². The standard InChI is InChI=1S/C14H19N3O2/c1-3-4-5-14(18)17-9-7-12(10-17)19-13-6-8-15-11(2)16-13/h3,6,8,12H,1,4-5,7,9-10H2,2H3/t12-/m1/s1. The van der Waals surface area contributed by atoms with Gasteiger partial charge in [0.05, 0.1) is 6.54 Å². The molecular formula is C14H19N3O2. The zero-order valence-electron chi connectivity index (χ0n) is 11.2. The molecule has 102 valence electrons. The molecule has 0 saturated carbocycles. The molecule has 2 heterocycles. The van der Waals surface area contributed by atoms with E-state index >= 15 is 0 Å². The zero-order chi connectivity index (χ0) is 13.7. The lowest BCUT2D eigenvalue weighted by atomic mass is 10.3. The molecule has 1 aromatic rings. The van der Waals surface area contributed by atoms with Gasteiger partial charge in [0.2, 0.25) is 11.8 Å². The van der Waals surface area contributed by atoms with Crippen LogP contribution in [0.25, 0.3) is 0 Å². The molecule has 1 aromatic heterocycles. The third kappa shape index (κ3) is 3.77. The van der Waals surface area contributed by atoms with Gasteiger partial charge in [-0.2, -0.15) is 4.98 Å². The maximum Gasteiger partial charge on any atom is 0.223 e. The van der Waals surface area contributed by atoms with Crippen molar-refractivity contribution in [1.29, 1.82) is 0 Å². The molecule has 2 rings (SSSR count). The van der Waals surface area contributed by atoms with Gasteiger partial charge in [-0.3, -0.25) is 4.79 Å². The second kappa shape index (κ2) is 6.31. The van der Waals surface area contributed by atoms with Gasteiger partial charge in [0.1, 0.15) is 11.9 Å². The molecule has 1 fully saturated rings. The number of nitrogens with zero attached hydrogens (tertiary/aromatic N) is 3. The molecule has 0 aliphatic carbocycles. The van der Waals surface area contributed by atoms with E-state index in [1.807, 2.05) is 11.8 Å². The molecule has 19 heavy (non-hydrogen) atoms. The van der Waals surface area contributed by atoms with Crippen molar-refractivity contribution in [2.24, 2.45) is 0 Å². The molecule has 5 nitrogen and oxygen atoms in total. The van der Waals surface area contributed by atoms with Crippen molar-refractivity contribution in [1.82, 2.24) is 14.9 Å². The summed E-state index contributed by atoms with van der Waals surface area (Å²) in [4.78, 5) is 21.9. The second-order valence-electron chi connectivity index (χ2n) is 4.64. The number of aromatic nitrogens is 2. The average molecular weight is 261 g/mol. The first-order valence-electron chi connectivity index (χ1n) is 6.54. The van der Waals surface area contributed by atoms with Crippen LogP contribution in [0.1, 0.15) is 25.1 Å². The normalized spacial score (nSPS) is 18.4. The fourth-order valence-electron chi connectivity index (χ4n) is 2.11. The number of likely N-dealkylation sites (tertiary alicyclic amines) is 1. The van der Waals surface area contributed by atoms with E-state index < -0.39 is 0 Å². The highest BCUT2D eigenvalue weighted by Gasteiger charge is 2.27. The van der Waals surface area contributed by atoms with Crippen LogP contribution in [-0.4, -0.2) is 40.0 Å². The van der Waals surface area contributed by atoms with Crippen LogP contribution in [0.5, 0.6) is 5.88 Å². The number of rotatable bonds is 5. The first-order valence-corrected chi connectivity index (χ1v) is 6.54. The summed E-state index contributed by atoms with van der Waals surface area (Å²) in [5, 5.41) is 0. The van der Waals surface area contributed by atoms with Crippen LogP contribution in [0.2, 0.25) is 0 Å². The van der Waals surface area contributed by atoms with E-state index in [9.17, 15) is 4.79 Å². The number of amides is 1. The Balaban J connectivity index is 1.85. The highest BCUT2D eigenvalue weighted by atomic mass is 16.5. The fraction of sp³-hybridized carbons (Fsp3) is 0.500. The average Bonchev–Trinajstić information content (AvgIpc) is 2.84. The molecule has 0 aromatic carbocycles. The number of aryl methyl sites for hydroxylation is 1. The molecule has 0 spiro atoms. The van der Waals surface area contributed by atoms with E-state index in [0.29, 0.717) is 24.7 Å². The van der Waals surface area contributed by atoms with Crippen molar-refractivity contribution >= 4 is 5.91 Å². The SMILES string of the molecule is C=CCCC(=O)N1CC[C@@H](Oc2ccnc(C)n2)C1. The van der Waals surface area contributed by atoms with Crippen LogP contribution in [0.4, 0.5) is 0 Å². The van der Waals surface area contributed by atoms with Crippen LogP contribution in [-0.2, 0) is 4.79 Å². The first kappa shape index (κ1) is 13.5. The molecule has 1 aliphatic rings. The Hall–Kier alpha value is -1.91. The summed E-state index contributed by atoms with van der Waals surface area (Å²) in [6, 6.07) is 1.75. The van der Waals surface area contributed by atoms with Gasteiger partial charge in [0.15, 0.2) is 0 Å². The molecule has 1 atom stereocenters. The maximum atomic E-state index is 11.9. The molecular weight excluding hydrogens is 242 g/mol. The van der Waals surface area contributed by atoms with Crippen LogP contribution < -0.4 is 4.74 Å². The molecule has 0 radical (unpaired) electrons. The van der Waals surface area contributed by atoms with Crippen LogP contribution >= 0.6 is 0 Å². The Morgan fingerprint density at radius 2 is 2.53 bits per heavy atom. The highest BCUT2D eigenvalue weighted by Crippen LogP contribution is 2.17. The van der Waals surface area contributed by atoms with Crippen LogP contribution in [0.15, 0.2) is 24.9 Å². The van der Waals surface area contributed by atoms with Crippen molar-refractivity contribution in [2.75, 3.05) is 13.1 Å². The summed E-state index contributed by atoms with van der Waals surface area (Å²) in [5.41, 5.74) is 0. The lowest BCUT2D eigenvalue weighted by molar-refractivity contribution is -0.130.